The molecule has 0 aromatic rings. The minimum atomic E-state index is -0.947. The van der Waals surface area contributed by atoms with Crippen molar-refractivity contribution in [2.24, 2.45) is 0 Å². The molecule has 0 aromatic heterocycles. The lowest BCUT2D eigenvalue weighted by Gasteiger charge is -2.07. The Labute approximate surface area is 77.0 Å². The van der Waals surface area contributed by atoms with Crippen molar-refractivity contribution in [1.82, 2.24) is 5.32 Å². The highest BCUT2D eigenvalue weighted by atomic mass is 79.9. The lowest BCUT2D eigenvalue weighted by Crippen LogP contribution is -2.28. The highest BCUT2D eigenvalue weighted by Gasteiger charge is 2.34. The van der Waals surface area contributed by atoms with Crippen LogP contribution in [-0.4, -0.2) is 23.2 Å². The van der Waals surface area contributed by atoms with E-state index in [2.05, 4.69) is 21.2 Å². The number of hydrogen-bond donors (Lipinski definition) is 2. The second kappa shape index (κ2) is 2.52. The molecular weight excluding hydrogens is 226 g/mol. The number of nitrogens with one attached hydrogen (secondary N) is 1. The van der Waals surface area contributed by atoms with Crippen LogP contribution in [0.3, 0.4) is 0 Å². The van der Waals surface area contributed by atoms with Crippen LogP contribution < -0.4 is 5.32 Å². The van der Waals surface area contributed by atoms with Crippen molar-refractivity contribution < 1.29 is 14.6 Å². The van der Waals surface area contributed by atoms with Gasteiger partial charge in [0.15, 0.2) is 4.67 Å². The molecule has 2 aliphatic heterocycles. The molecule has 0 saturated carbocycles. The minimum absolute atomic E-state index is 0.0366. The van der Waals surface area contributed by atoms with Crippen LogP contribution in [-0.2, 0) is 9.53 Å². The average molecular weight is 232 g/mol. The van der Waals surface area contributed by atoms with E-state index in [9.17, 15) is 4.79 Å². The predicted octanol–water partition coefficient (Wildman–Crippen LogP) is 0.562. The van der Waals surface area contributed by atoms with Crippen molar-refractivity contribution in [3.05, 3.63) is 22.5 Å². The second-order valence-electron chi connectivity index (χ2n) is 2.61. The summed E-state index contributed by atoms with van der Waals surface area (Å²) < 4.78 is 5.90. The fourth-order valence-electron chi connectivity index (χ4n) is 1.27. The van der Waals surface area contributed by atoms with Gasteiger partial charge in [0.2, 0.25) is 0 Å². The molecule has 2 aliphatic rings. The number of fused-ring (bicyclic) bond motifs is 1. The van der Waals surface area contributed by atoms with Gasteiger partial charge in [-0.15, -0.1) is 0 Å². The van der Waals surface area contributed by atoms with Crippen LogP contribution in [0.4, 0.5) is 0 Å². The summed E-state index contributed by atoms with van der Waals surface area (Å²) in [5.41, 5.74) is 0.209. The van der Waals surface area contributed by atoms with Crippen LogP contribution in [0.5, 0.6) is 0 Å². The normalized spacial score (nSPS) is 31.4. The summed E-state index contributed by atoms with van der Waals surface area (Å²) >= 11 is 3.17. The zero-order chi connectivity index (χ0) is 8.72. The molecule has 5 heteroatoms. The van der Waals surface area contributed by atoms with Gasteiger partial charge in [-0.3, -0.25) is 0 Å². The Bertz CT molecular complexity index is 297. The first-order chi connectivity index (χ1) is 5.66. The molecule has 64 valence electrons. The molecule has 12 heavy (non-hydrogen) atoms. The topological polar surface area (TPSA) is 58.6 Å². The number of carbonyl (C=O) groups is 1. The average Bonchev–Trinajstić information content (AvgIpc) is 2.42. The minimum Gasteiger partial charge on any atom is -0.477 e. The van der Waals surface area contributed by atoms with E-state index in [1.165, 1.54) is 0 Å². The Morgan fingerprint density at radius 3 is 3.00 bits per heavy atom. The molecular formula is C7H6BrNO3. The van der Waals surface area contributed by atoms with Crippen molar-refractivity contribution in [1.29, 1.82) is 0 Å². The molecule has 0 aromatic carbocycles. The third kappa shape index (κ3) is 1.10. The summed E-state index contributed by atoms with van der Waals surface area (Å²) in [6.45, 7) is 0. The van der Waals surface area contributed by atoms with Gasteiger partial charge in [-0.05, 0) is 28.1 Å². The Morgan fingerprint density at radius 2 is 2.42 bits per heavy atom. The number of hydrogen-bond acceptors (Lipinski definition) is 3. The smallest absolute Gasteiger partial charge is 0.351 e. The first kappa shape index (κ1) is 7.67. The summed E-state index contributed by atoms with van der Waals surface area (Å²) in [7, 11) is 0. The highest BCUT2D eigenvalue weighted by Crippen LogP contribution is 2.27. The molecule has 0 spiro atoms. The van der Waals surface area contributed by atoms with Crippen LogP contribution in [0.15, 0.2) is 22.5 Å². The van der Waals surface area contributed by atoms with Crippen molar-refractivity contribution in [2.45, 2.75) is 12.1 Å². The maximum Gasteiger partial charge on any atom is 0.351 e. The second-order valence-corrected chi connectivity index (χ2v) is 3.39. The van der Waals surface area contributed by atoms with E-state index >= 15 is 0 Å². The monoisotopic (exact) mass is 231 g/mol. The molecule has 4 nitrogen and oxygen atoms in total. The summed E-state index contributed by atoms with van der Waals surface area (Å²) in [6, 6.07) is -0.0366. The maximum absolute atomic E-state index is 10.5. The first-order valence-corrected chi connectivity index (χ1v) is 4.22. The van der Waals surface area contributed by atoms with Gasteiger partial charge in [-0.25, -0.2) is 4.79 Å². The van der Waals surface area contributed by atoms with E-state index in [1.54, 1.807) is 12.2 Å². The van der Waals surface area contributed by atoms with E-state index in [4.69, 9.17) is 9.84 Å². The summed E-state index contributed by atoms with van der Waals surface area (Å²) in [5.74, 6) is -0.947. The Balaban J connectivity index is 2.14. The van der Waals surface area contributed by atoms with Gasteiger partial charge in [-0.2, -0.15) is 0 Å². The van der Waals surface area contributed by atoms with Crippen molar-refractivity contribution in [2.75, 3.05) is 0 Å². The number of carboxylic acids is 1. The number of rotatable bonds is 1. The molecule has 2 heterocycles. The van der Waals surface area contributed by atoms with Crippen molar-refractivity contribution in [3.8, 4) is 0 Å². The Hall–Kier alpha value is -0.970. The molecule has 2 N–H and O–H groups in total. The van der Waals surface area contributed by atoms with Crippen LogP contribution in [0, 0.1) is 0 Å². The van der Waals surface area contributed by atoms with Gasteiger partial charge < -0.3 is 15.2 Å². The van der Waals surface area contributed by atoms with E-state index < -0.39 is 5.97 Å². The molecule has 2 unspecified atom stereocenters. The molecule has 0 bridgehead atoms. The molecule has 0 saturated heterocycles. The van der Waals surface area contributed by atoms with E-state index in [0.29, 0.717) is 4.67 Å². The zero-order valence-corrected chi connectivity index (χ0v) is 7.54. The number of aliphatic carboxylic acids is 1. The summed E-state index contributed by atoms with van der Waals surface area (Å²) in [5, 5.41) is 11.4. The lowest BCUT2D eigenvalue weighted by molar-refractivity contribution is -0.133. The summed E-state index contributed by atoms with van der Waals surface area (Å²) in [4.78, 5) is 10.5. The van der Waals surface area contributed by atoms with Crippen molar-refractivity contribution in [3.63, 3.8) is 0 Å². The molecule has 0 aliphatic carbocycles. The Morgan fingerprint density at radius 1 is 1.67 bits per heavy atom. The van der Waals surface area contributed by atoms with Gasteiger partial charge in [0.1, 0.15) is 11.8 Å². The van der Waals surface area contributed by atoms with E-state index in [0.717, 1.165) is 0 Å². The fourth-order valence-corrected chi connectivity index (χ4v) is 1.77. The molecule has 2 atom stereocenters. The number of halogens is 1. The van der Waals surface area contributed by atoms with Crippen LogP contribution >= 0.6 is 15.9 Å². The Kier molecular flexibility index (Phi) is 1.61. The quantitative estimate of drug-likeness (QED) is 0.693. The lowest BCUT2D eigenvalue weighted by atomic mass is 10.2. The molecule has 0 amide bonds. The van der Waals surface area contributed by atoms with Gasteiger partial charge in [0.05, 0.1) is 6.04 Å². The third-order valence-electron chi connectivity index (χ3n) is 1.80. The van der Waals surface area contributed by atoms with E-state index in [1.807, 2.05) is 0 Å². The third-order valence-corrected chi connectivity index (χ3v) is 2.25. The van der Waals surface area contributed by atoms with Gasteiger partial charge in [0.25, 0.3) is 0 Å². The van der Waals surface area contributed by atoms with Crippen molar-refractivity contribution >= 4 is 21.9 Å². The maximum atomic E-state index is 10.5. The van der Waals surface area contributed by atoms with E-state index in [-0.39, 0.29) is 17.8 Å². The summed E-state index contributed by atoms with van der Waals surface area (Å²) in [6.07, 6.45) is 3.19. The highest BCUT2D eigenvalue weighted by molar-refractivity contribution is 9.11. The molecule has 0 fully saturated rings. The van der Waals surface area contributed by atoms with Gasteiger partial charge in [-0.1, -0.05) is 0 Å². The van der Waals surface area contributed by atoms with Crippen LogP contribution in [0.1, 0.15) is 0 Å². The number of carboxylic acid groups (broad SMARTS) is 1. The standard InChI is InChI=1S/C7H6BrNO3/c8-6-2-3-5(12-6)1-4(9-3)7(10)11/h1-3,5,9H,(H,10,11). The van der Waals surface area contributed by atoms with Crippen LogP contribution in [0.25, 0.3) is 0 Å². The number of ether oxygens (including phenoxy) is 1. The van der Waals surface area contributed by atoms with Gasteiger partial charge >= 0.3 is 5.97 Å². The molecule has 2 rings (SSSR count). The van der Waals surface area contributed by atoms with Gasteiger partial charge in [0, 0.05) is 0 Å². The largest absolute Gasteiger partial charge is 0.477 e. The predicted molar refractivity (Wildman–Crippen MR) is 44.5 cm³/mol. The fraction of sp³-hybridized carbons (Fsp3) is 0.286. The molecule has 0 radical (unpaired) electrons. The first-order valence-electron chi connectivity index (χ1n) is 3.42. The SMILES string of the molecule is O=C(O)C1=CC2OC(Br)=CC2N1. The zero-order valence-electron chi connectivity index (χ0n) is 5.95. The van der Waals surface area contributed by atoms with Crippen LogP contribution in [0.2, 0.25) is 0 Å².